The SMILES string of the molecule is CCC1CN(S(=O)(=O)c2ccccc2)CCC1CC(=O)NCc1cccnc1. The van der Waals surface area contributed by atoms with Crippen LogP contribution in [0.3, 0.4) is 0 Å². The Morgan fingerprint density at radius 1 is 1.18 bits per heavy atom. The van der Waals surface area contributed by atoms with Gasteiger partial charge in [0, 0.05) is 38.4 Å². The Kier molecular flexibility index (Phi) is 6.80. The summed E-state index contributed by atoms with van der Waals surface area (Å²) >= 11 is 0. The number of aromatic nitrogens is 1. The van der Waals surface area contributed by atoms with Crippen LogP contribution >= 0.6 is 0 Å². The summed E-state index contributed by atoms with van der Waals surface area (Å²) in [6.45, 7) is 3.44. The minimum absolute atomic E-state index is 0.00618. The van der Waals surface area contributed by atoms with Crippen molar-refractivity contribution >= 4 is 15.9 Å². The topological polar surface area (TPSA) is 79.4 Å². The van der Waals surface area contributed by atoms with E-state index in [1.165, 1.54) is 0 Å². The van der Waals surface area contributed by atoms with Gasteiger partial charge in [0.1, 0.15) is 0 Å². The zero-order valence-electron chi connectivity index (χ0n) is 16.1. The van der Waals surface area contributed by atoms with Crippen LogP contribution in [0.4, 0.5) is 0 Å². The van der Waals surface area contributed by atoms with Gasteiger partial charge in [-0.25, -0.2) is 8.42 Å². The van der Waals surface area contributed by atoms with Gasteiger partial charge in [0.15, 0.2) is 0 Å². The van der Waals surface area contributed by atoms with E-state index in [2.05, 4.69) is 17.2 Å². The van der Waals surface area contributed by atoms with E-state index in [4.69, 9.17) is 0 Å². The summed E-state index contributed by atoms with van der Waals surface area (Å²) in [5.41, 5.74) is 0.965. The van der Waals surface area contributed by atoms with Crippen LogP contribution in [0.2, 0.25) is 0 Å². The van der Waals surface area contributed by atoms with E-state index in [-0.39, 0.29) is 17.7 Å². The highest BCUT2D eigenvalue weighted by atomic mass is 32.2. The van der Waals surface area contributed by atoms with Crippen molar-refractivity contribution in [1.29, 1.82) is 0 Å². The monoisotopic (exact) mass is 401 g/mol. The Labute approximate surface area is 167 Å². The molecule has 28 heavy (non-hydrogen) atoms. The number of rotatable bonds is 7. The van der Waals surface area contributed by atoms with Crippen LogP contribution in [0.5, 0.6) is 0 Å². The molecule has 3 rings (SSSR count). The number of nitrogens with zero attached hydrogens (tertiary/aromatic N) is 2. The fourth-order valence-electron chi connectivity index (χ4n) is 3.75. The molecule has 2 aromatic rings. The molecule has 1 aromatic heterocycles. The fraction of sp³-hybridized carbons (Fsp3) is 0.429. The summed E-state index contributed by atoms with van der Waals surface area (Å²) in [7, 11) is -3.48. The number of carbonyl (C=O) groups is 1. The summed E-state index contributed by atoms with van der Waals surface area (Å²) in [6, 6.07) is 12.3. The van der Waals surface area contributed by atoms with Gasteiger partial charge in [-0.2, -0.15) is 4.31 Å². The molecule has 1 aliphatic rings. The van der Waals surface area contributed by atoms with E-state index in [0.29, 0.717) is 37.4 Å². The average Bonchev–Trinajstić information content (AvgIpc) is 2.74. The molecule has 1 fully saturated rings. The van der Waals surface area contributed by atoms with E-state index in [9.17, 15) is 13.2 Å². The van der Waals surface area contributed by atoms with Gasteiger partial charge in [0.05, 0.1) is 4.90 Å². The minimum Gasteiger partial charge on any atom is -0.352 e. The van der Waals surface area contributed by atoms with Crippen LogP contribution in [-0.2, 0) is 21.4 Å². The lowest BCUT2D eigenvalue weighted by atomic mass is 9.82. The van der Waals surface area contributed by atoms with Crippen molar-refractivity contribution in [3.05, 3.63) is 60.4 Å². The van der Waals surface area contributed by atoms with Gasteiger partial charge in [-0.3, -0.25) is 9.78 Å². The van der Waals surface area contributed by atoms with Gasteiger partial charge in [0.2, 0.25) is 15.9 Å². The highest BCUT2D eigenvalue weighted by Crippen LogP contribution is 2.32. The molecule has 2 heterocycles. The molecular formula is C21H27N3O3S. The van der Waals surface area contributed by atoms with Crippen molar-refractivity contribution < 1.29 is 13.2 Å². The lowest BCUT2D eigenvalue weighted by molar-refractivity contribution is -0.122. The molecule has 6 nitrogen and oxygen atoms in total. The molecule has 2 unspecified atom stereocenters. The van der Waals surface area contributed by atoms with Gasteiger partial charge < -0.3 is 5.32 Å². The van der Waals surface area contributed by atoms with Crippen molar-refractivity contribution in [2.45, 2.75) is 37.6 Å². The number of carbonyl (C=O) groups excluding carboxylic acids is 1. The van der Waals surface area contributed by atoms with Gasteiger partial charge in [-0.15, -0.1) is 0 Å². The van der Waals surface area contributed by atoms with Crippen molar-refractivity contribution in [3.8, 4) is 0 Å². The summed E-state index contributed by atoms with van der Waals surface area (Å²) < 4.78 is 27.3. The quantitative estimate of drug-likeness (QED) is 0.774. The number of amides is 1. The largest absolute Gasteiger partial charge is 0.352 e. The van der Waals surface area contributed by atoms with Crippen LogP contribution < -0.4 is 5.32 Å². The molecule has 7 heteroatoms. The van der Waals surface area contributed by atoms with Crippen molar-refractivity contribution in [2.24, 2.45) is 11.8 Å². The van der Waals surface area contributed by atoms with Crippen molar-refractivity contribution in [3.63, 3.8) is 0 Å². The van der Waals surface area contributed by atoms with E-state index in [0.717, 1.165) is 12.0 Å². The first-order valence-corrected chi connectivity index (χ1v) is 11.2. The van der Waals surface area contributed by atoms with Gasteiger partial charge in [-0.1, -0.05) is 37.6 Å². The van der Waals surface area contributed by atoms with E-state index >= 15 is 0 Å². The number of benzene rings is 1. The zero-order chi connectivity index (χ0) is 20.0. The van der Waals surface area contributed by atoms with Crippen molar-refractivity contribution in [1.82, 2.24) is 14.6 Å². The zero-order valence-corrected chi connectivity index (χ0v) is 16.9. The summed E-state index contributed by atoms with van der Waals surface area (Å²) in [5, 5.41) is 2.95. The number of sulfonamides is 1. The molecular weight excluding hydrogens is 374 g/mol. The lowest BCUT2D eigenvalue weighted by Gasteiger charge is -2.37. The van der Waals surface area contributed by atoms with Crippen LogP contribution in [0.25, 0.3) is 0 Å². The van der Waals surface area contributed by atoms with Gasteiger partial charge >= 0.3 is 0 Å². The first-order chi connectivity index (χ1) is 13.5. The third kappa shape index (κ3) is 4.97. The molecule has 0 radical (unpaired) electrons. The average molecular weight is 402 g/mol. The number of pyridine rings is 1. The van der Waals surface area contributed by atoms with Crippen LogP contribution in [-0.4, -0.2) is 36.7 Å². The third-order valence-corrected chi connectivity index (χ3v) is 7.30. The molecule has 150 valence electrons. The van der Waals surface area contributed by atoms with Crippen molar-refractivity contribution in [2.75, 3.05) is 13.1 Å². The van der Waals surface area contributed by atoms with E-state index < -0.39 is 10.0 Å². The molecule has 1 N–H and O–H groups in total. The highest BCUT2D eigenvalue weighted by molar-refractivity contribution is 7.89. The molecule has 1 saturated heterocycles. The molecule has 0 saturated carbocycles. The van der Waals surface area contributed by atoms with Crippen LogP contribution in [0.1, 0.15) is 31.7 Å². The second-order valence-electron chi connectivity index (χ2n) is 7.24. The maximum absolute atomic E-state index is 12.9. The molecule has 2 atom stereocenters. The summed E-state index contributed by atoms with van der Waals surface area (Å²) in [4.78, 5) is 16.8. The van der Waals surface area contributed by atoms with E-state index in [1.807, 2.05) is 18.2 Å². The Morgan fingerprint density at radius 3 is 2.64 bits per heavy atom. The Hall–Kier alpha value is -2.25. The maximum atomic E-state index is 12.9. The molecule has 0 aliphatic carbocycles. The van der Waals surface area contributed by atoms with E-state index in [1.54, 1.807) is 41.0 Å². The normalized spacial score (nSPS) is 20.6. The van der Waals surface area contributed by atoms with Gasteiger partial charge in [0.25, 0.3) is 0 Å². The lowest BCUT2D eigenvalue weighted by Crippen LogP contribution is -2.44. The third-order valence-electron chi connectivity index (χ3n) is 5.42. The number of nitrogens with one attached hydrogen (secondary N) is 1. The Morgan fingerprint density at radius 2 is 1.96 bits per heavy atom. The fourth-order valence-corrected chi connectivity index (χ4v) is 5.28. The molecule has 0 bridgehead atoms. The Bertz CT molecular complexity index is 872. The minimum atomic E-state index is -3.48. The molecule has 0 spiro atoms. The molecule has 1 amide bonds. The predicted molar refractivity (Wildman–Crippen MR) is 108 cm³/mol. The van der Waals surface area contributed by atoms with Crippen LogP contribution in [0, 0.1) is 11.8 Å². The predicted octanol–water partition coefficient (Wildman–Crippen LogP) is 2.82. The van der Waals surface area contributed by atoms with Crippen LogP contribution in [0.15, 0.2) is 59.8 Å². The summed E-state index contributed by atoms with van der Waals surface area (Å²) in [5.74, 6) is 0.379. The standard InChI is InChI=1S/C21H27N3O3S/c1-2-18-16-24(28(26,27)20-8-4-3-5-9-20)12-10-19(18)13-21(25)23-15-17-7-6-11-22-14-17/h3-9,11,14,18-19H,2,10,12-13,15-16H2,1H3,(H,23,25). The number of hydrogen-bond acceptors (Lipinski definition) is 4. The summed E-state index contributed by atoms with van der Waals surface area (Å²) in [6.07, 6.45) is 5.42. The number of piperidine rings is 1. The highest BCUT2D eigenvalue weighted by Gasteiger charge is 2.35. The first kappa shape index (κ1) is 20.5. The maximum Gasteiger partial charge on any atom is 0.243 e. The second kappa shape index (κ2) is 9.30. The smallest absolute Gasteiger partial charge is 0.243 e. The Balaban J connectivity index is 1.58. The second-order valence-corrected chi connectivity index (χ2v) is 9.17. The number of hydrogen-bond donors (Lipinski definition) is 1. The van der Waals surface area contributed by atoms with Gasteiger partial charge in [-0.05, 0) is 42.0 Å². The first-order valence-electron chi connectivity index (χ1n) is 9.71. The molecule has 1 aromatic carbocycles. The molecule has 1 aliphatic heterocycles.